The summed E-state index contributed by atoms with van der Waals surface area (Å²) in [5.41, 5.74) is 2.94. The molecule has 0 saturated heterocycles. The third-order valence-electron chi connectivity index (χ3n) is 5.97. The molecular weight excluding hydrogens is 500 g/mol. The van der Waals surface area contributed by atoms with Gasteiger partial charge in [0.15, 0.2) is 12.7 Å². The van der Waals surface area contributed by atoms with Crippen LogP contribution < -0.4 is 15.1 Å². The average molecular weight is 526 g/mol. The van der Waals surface area contributed by atoms with Crippen LogP contribution in [0.5, 0.6) is 11.5 Å². The Morgan fingerprint density at radius 2 is 1.66 bits per heavy atom. The summed E-state index contributed by atoms with van der Waals surface area (Å²) in [6, 6.07) is 14.0. The molecular formula is C28H25F2NO7. The molecule has 8 nitrogen and oxygen atoms in total. The summed E-state index contributed by atoms with van der Waals surface area (Å²) >= 11 is 0. The molecule has 0 fully saturated rings. The lowest BCUT2D eigenvalue weighted by atomic mass is 10.1. The number of carbonyl (C=O) groups excluding carboxylic acids is 2. The summed E-state index contributed by atoms with van der Waals surface area (Å²) in [5.74, 6) is -0.831. The van der Waals surface area contributed by atoms with Crippen LogP contribution in [0.1, 0.15) is 34.2 Å². The second kappa shape index (κ2) is 10.9. The standard InChI is InChI=1S/C28H25F2NO7/c1-15-11-25(32)38-24-13-21(9-10-22(15)24)35-14-26(33)36-18(4)27(34)23-12-16(2)31(17(23)3)19-5-7-20(8-6-19)37-28(29)30/h5-13,18,28H,14H2,1-4H3. The number of alkyl halides is 2. The van der Waals surface area contributed by atoms with Gasteiger partial charge < -0.3 is 23.2 Å². The van der Waals surface area contributed by atoms with Crippen LogP contribution in [0.2, 0.25) is 0 Å². The predicted molar refractivity (Wildman–Crippen MR) is 134 cm³/mol. The number of benzene rings is 2. The lowest BCUT2D eigenvalue weighted by Crippen LogP contribution is -2.27. The molecule has 4 rings (SSSR count). The molecule has 0 aliphatic carbocycles. The third-order valence-corrected chi connectivity index (χ3v) is 5.97. The molecule has 0 aliphatic heterocycles. The van der Waals surface area contributed by atoms with E-state index >= 15 is 0 Å². The van der Waals surface area contributed by atoms with Gasteiger partial charge in [-0.2, -0.15) is 8.78 Å². The molecule has 198 valence electrons. The van der Waals surface area contributed by atoms with E-state index in [2.05, 4.69) is 4.74 Å². The Labute approximate surface area is 216 Å². The van der Waals surface area contributed by atoms with E-state index in [1.54, 1.807) is 55.7 Å². The van der Waals surface area contributed by atoms with Crippen LogP contribution in [-0.2, 0) is 9.53 Å². The lowest BCUT2D eigenvalue weighted by Gasteiger charge is -2.14. The highest BCUT2D eigenvalue weighted by molar-refractivity contribution is 6.01. The largest absolute Gasteiger partial charge is 0.482 e. The highest BCUT2D eigenvalue weighted by Gasteiger charge is 2.24. The normalized spacial score (nSPS) is 12.0. The van der Waals surface area contributed by atoms with Crippen LogP contribution in [-0.4, -0.2) is 35.6 Å². The van der Waals surface area contributed by atoms with Gasteiger partial charge in [-0.15, -0.1) is 0 Å². The predicted octanol–water partition coefficient (Wildman–Crippen LogP) is 5.30. The zero-order chi connectivity index (χ0) is 27.6. The number of fused-ring (bicyclic) bond motifs is 1. The quantitative estimate of drug-likeness (QED) is 0.166. The SMILES string of the molecule is Cc1cc(=O)oc2cc(OCC(=O)OC(C)C(=O)c3cc(C)n(-c4ccc(OC(F)F)cc4)c3C)ccc12. The van der Waals surface area contributed by atoms with Crippen molar-refractivity contribution in [3.8, 4) is 17.2 Å². The van der Waals surface area contributed by atoms with Crippen LogP contribution in [0.3, 0.4) is 0 Å². The van der Waals surface area contributed by atoms with Crippen molar-refractivity contribution in [2.45, 2.75) is 40.4 Å². The number of hydrogen-bond donors (Lipinski definition) is 0. The lowest BCUT2D eigenvalue weighted by molar-refractivity contribution is -0.148. The van der Waals surface area contributed by atoms with E-state index in [4.69, 9.17) is 13.9 Å². The van der Waals surface area contributed by atoms with Gasteiger partial charge in [0.2, 0.25) is 5.78 Å². The number of rotatable bonds is 9. The van der Waals surface area contributed by atoms with Crippen LogP contribution in [0, 0.1) is 20.8 Å². The number of nitrogens with zero attached hydrogens (tertiary/aromatic N) is 1. The highest BCUT2D eigenvalue weighted by atomic mass is 19.3. The van der Waals surface area contributed by atoms with Crippen molar-refractivity contribution in [3.05, 3.63) is 87.5 Å². The fourth-order valence-electron chi connectivity index (χ4n) is 4.23. The first-order chi connectivity index (χ1) is 18.0. The minimum atomic E-state index is -2.92. The second-order valence-electron chi connectivity index (χ2n) is 8.68. The molecule has 1 atom stereocenters. The van der Waals surface area contributed by atoms with E-state index in [0.29, 0.717) is 28.3 Å². The first-order valence-corrected chi connectivity index (χ1v) is 11.7. The molecule has 2 aromatic heterocycles. The summed E-state index contributed by atoms with van der Waals surface area (Å²) in [6.07, 6.45) is -1.08. The molecule has 0 aliphatic rings. The van der Waals surface area contributed by atoms with Crippen LogP contribution in [0.15, 0.2) is 63.8 Å². The van der Waals surface area contributed by atoms with E-state index in [9.17, 15) is 23.2 Å². The van der Waals surface area contributed by atoms with Gasteiger partial charge in [0.05, 0.1) is 0 Å². The van der Waals surface area contributed by atoms with Crippen molar-refractivity contribution in [3.63, 3.8) is 0 Å². The molecule has 2 aromatic carbocycles. The molecule has 38 heavy (non-hydrogen) atoms. The number of halogens is 2. The van der Waals surface area contributed by atoms with E-state index in [1.807, 2.05) is 0 Å². The summed E-state index contributed by atoms with van der Waals surface area (Å²) in [5, 5.41) is 0.744. The molecule has 0 spiro atoms. The van der Waals surface area contributed by atoms with Crippen molar-refractivity contribution in [2.75, 3.05) is 6.61 Å². The van der Waals surface area contributed by atoms with Gasteiger partial charge in [0, 0.05) is 40.2 Å². The van der Waals surface area contributed by atoms with Crippen LogP contribution >= 0.6 is 0 Å². The molecule has 0 saturated carbocycles. The van der Waals surface area contributed by atoms with Gasteiger partial charge in [-0.25, -0.2) is 9.59 Å². The number of carbonyl (C=O) groups is 2. The number of hydrogen-bond acceptors (Lipinski definition) is 7. The van der Waals surface area contributed by atoms with E-state index < -0.39 is 36.7 Å². The van der Waals surface area contributed by atoms with E-state index in [1.165, 1.54) is 31.2 Å². The number of aromatic nitrogens is 1. The average Bonchev–Trinajstić information content (AvgIpc) is 3.15. The fraction of sp³-hybridized carbons (Fsp3) is 0.250. The number of Topliss-reactive ketones (excluding diaryl/α,β-unsaturated/α-hetero) is 1. The van der Waals surface area contributed by atoms with Crippen LogP contribution in [0.4, 0.5) is 8.78 Å². The second-order valence-corrected chi connectivity index (χ2v) is 8.68. The minimum absolute atomic E-state index is 0.0219. The zero-order valence-corrected chi connectivity index (χ0v) is 21.1. The Kier molecular flexibility index (Phi) is 7.61. The van der Waals surface area contributed by atoms with Gasteiger partial charge in [-0.1, -0.05) is 0 Å². The molecule has 0 N–H and O–H groups in total. The van der Waals surface area contributed by atoms with Gasteiger partial charge >= 0.3 is 18.2 Å². The van der Waals surface area contributed by atoms with Gasteiger partial charge in [-0.05, 0) is 75.7 Å². The number of aryl methyl sites for hydroxylation is 2. The molecule has 2 heterocycles. The molecule has 4 aromatic rings. The maximum atomic E-state index is 13.1. The maximum Gasteiger partial charge on any atom is 0.387 e. The van der Waals surface area contributed by atoms with Crippen molar-refractivity contribution in [1.29, 1.82) is 0 Å². The summed E-state index contributed by atoms with van der Waals surface area (Å²) in [7, 11) is 0. The molecule has 1 unspecified atom stereocenters. The summed E-state index contributed by atoms with van der Waals surface area (Å²) in [4.78, 5) is 37.1. The molecule has 0 radical (unpaired) electrons. The summed E-state index contributed by atoms with van der Waals surface area (Å²) in [6.45, 7) is 3.41. The smallest absolute Gasteiger partial charge is 0.387 e. The zero-order valence-electron chi connectivity index (χ0n) is 21.1. The van der Waals surface area contributed by atoms with E-state index in [0.717, 1.165) is 16.6 Å². The Morgan fingerprint density at radius 1 is 0.974 bits per heavy atom. The molecule has 10 heteroatoms. The molecule has 0 amide bonds. The number of ketones is 1. The Bertz CT molecular complexity index is 1550. The van der Waals surface area contributed by atoms with Crippen molar-refractivity contribution in [1.82, 2.24) is 4.57 Å². The maximum absolute atomic E-state index is 13.1. The van der Waals surface area contributed by atoms with E-state index in [-0.39, 0.29) is 5.75 Å². The summed E-state index contributed by atoms with van der Waals surface area (Å²) < 4.78 is 47.0. The van der Waals surface area contributed by atoms with Gasteiger partial charge in [0.1, 0.15) is 17.1 Å². The number of esters is 1. The monoisotopic (exact) mass is 525 g/mol. The topological polar surface area (TPSA) is 97.0 Å². The first-order valence-electron chi connectivity index (χ1n) is 11.7. The number of ether oxygens (including phenoxy) is 3. The van der Waals surface area contributed by atoms with Gasteiger partial charge in [-0.3, -0.25) is 4.79 Å². The molecule has 0 bridgehead atoms. The Hall–Kier alpha value is -4.47. The van der Waals surface area contributed by atoms with Crippen molar-refractivity contribution < 1.29 is 37.0 Å². The Balaban J connectivity index is 1.41. The highest BCUT2D eigenvalue weighted by Crippen LogP contribution is 2.25. The van der Waals surface area contributed by atoms with Gasteiger partial charge in [0.25, 0.3) is 0 Å². The van der Waals surface area contributed by atoms with Crippen molar-refractivity contribution >= 4 is 22.7 Å². The minimum Gasteiger partial charge on any atom is -0.482 e. The van der Waals surface area contributed by atoms with Crippen LogP contribution in [0.25, 0.3) is 16.7 Å². The third kappa shape index (κ3) is 5.74. The van der Waals surface area contributed by atoms with Crippen molar-refractivity contribution in [2.24, 2.45) is 0 Å². The first kappa shape index (κ1) is 26.6. The Morgan fingerprint density at radius 3 is 2.34 bits per heavy atom. The fourth-order valence-corrected chi connectivity index (χ4v) is 4.23.